The van der Waals surface area contributed by atoms with Gasteiger partial charge in [0.25, 0.3) is 0 Å². The first-order valence-corrected chi connectivity index (χ1v) is 11.4. The zero-order valence-electron chi connectivity index (χ0n) is 17.3. The molecule has 33 heavy (non-hydrogen) atoms. The summed E-state index contributed by atoms with van der Waals surface area (Å²) in [7, 11) is 0. The molecule has 4 nitrogen and oxygen atoms in total. The average Bonchev–Trinajstić information content (AvgIpc) is 2.82. The second kappa shape index (κ2) is 9.24. The molecule has 5 aromatic rings. The van der Waals surface area contributed by atoms with Crippen molar-refractivity contribution in [2.45, 2.75) is 0 Å². The number of hydrogen-bond donors (Lipinski definition) is 3. The van der Waals surface area contributed by atoms with Gasteiger partial charge in [0.1, 0.15) is 0 Å². The Morgan fingerprint density at radius 1 is 0.636 bits per heavy atom. The summed E-state index contributed by atoms with van der Waals surface area (Å²) in [5, 5.41) is 13.7. The Kier molecular flexibility index (Phi) is 6.01. The molecule has 0 saturated carbocycles. The number of thiocarbonyl (C=S) groups is 1. The van der Waals surface area contributed by atoms with Crippen LogP contribution in [0.5, 0.6) is 0 Å². The van der Waals surface area contributed by atoms with Crippen LogP contribution >= 0.6 is 35.4 Å². The summed E-state index contributed by atoms with van der Waals surface area (Å²) in [5.41, 5.74) is 5.46. The van der Waals surface area contributed by atoms with E-state index in [2.05, 4.69) is 22.0 Å². The van der Waals surface area contributed by atoms with Crippen LogP contribution in [-0.2, 0) is 0 Å². The predicted octanol–water partition coefficient (Wildman–Crippen LogP) is 8.25. The molecule has 1 aromatic heterocycles. The molecule has 0 fully saturated rings. The topological polar surface area (TPSA) is 49.0 Å². The van der Waals surface area contributed by atoms with Crippen LogP contribution in [0.25, 0.3) is 21.8 Å². The number of nitrogens with one attached hydrogen (secondary N) is 3. The van der Waals surface area contributed by atoms with Crippen molar-refractivity contribution in [3.05, 3.63) is 101 Å². The Labute approximate surface area is 206 Å². The number of aromatic nitrogens is 1. The number of fused-ring (bicyclic) bond motifs is 2. The molecular weight excluding hydrogens is 471 g/mol. The maximum atomic E-state index is 6.29. The number of benzene rings is 4. The van der Waals surface area contributed by atoms with Crippen molar-refractivity contribution in [1.29, 1.82) is 0 Å². The third kappa shape index (κ3) is 4.86. The molecule has 5 rings (SSSR count). The van der Waals surface area contributed by atoms with Crippen molar-refractivity contribution in [2.75, 3.05) is 16.0 Å². The molecule has 1 heterocycles. The van der Waals surface area contributed by atoms with E-state index in [1.807, 2.05) is 84.9 Å². The molecule has 0 unspecified atom stereocenters. The van der Waals surface area contributed by atoms with Crippen LogP contribution in [0.4, 0.5) is 22.7 Å². The first-order valence-electron chi connectivity index (χ1n) is 10.2. The molecule has 0 radical (unpaired) electrons. The van der Waals surface area contributed by atoms with Gasteiger partial charge in [-0.1, -0.05) is 41.4 Å². The van der Waals surface area contributed by atoms with Crippen molar-refractivity contribution in [1.82, 2.24) is 4.98 Å². The van der Waals surface area contributed by atoms with E-state index in [0.717, 1.165) is 44.6 Å². The van der Waals surface area contributed by atoms with Gasteiger partial charge in [-0.15, -0.1) is 0 Å². The lowest BCUT2D eigenvalue weighted by atomic mass is 10.1. The Hall–Kier alpha value is -3.38. The van der Waals surface area contributed by atoms with E-state index in [9.17, 15) is 0 Å². The van der Waals surface area contributed by atoms with Gasteiger partial charge < -0.3 is 16.0 Å². The molecule has 7 heteroatoms. The number of hydrogen-bond acceptors (Lipinski definition) is 3. The standard InChI is InChI=1S/C26H18Cl2N4S/c27-16-5-8-19(9-6-16)30-26(33)31-20-12-10-18(11-13-20)29-25-21-3-1-2-4-23(21)32-24-14-7-17(28)15-22(24)25/h1-15H,(H,29,32)(H2,30,31,33). The highest BCUT2D eigenvalue weighted by molar-refractivity contribution is 7.80. The molecule has 0 atom stereocenters. The number of anilines is 4. The third-order valence-corrected chi connectivity index (χ3v) is 5.85. The van der Waals surface area contributed by atoms with Crippen LogP contribution in [0.15, 0.2) is 91.0 Å². The highest BCUT2D eigenvalue weighted by Gasteiger charge is 2.10. The molecule has 0 spiro atoms. The Bertz CT molecular complexity index is 1470. The summed E-state index contributed by atoms with van der Waals surface area (Å²) in [6, 6.07) is 29.1. The van der Waals surface area contributed by atoms with Gasteiger partial charge in [-0.3, -0.25) is 0 Å². The van der Waals surface area contributed by atoms with Crippen molar-refractivity contribution in [3.63, 3.8) is 0 Å². The summed E-state index contributed by atoms with van der Waals surface area (Å²) in [5.74, 6) is 0. The number of nitrogens with zero attached hydrogens (tertiary/aromatic N) is 1. The minimum absolute atomic E-state index is 0.499. The third-order valence-electron chi connectivity index (χ3n) is 5.16. The number of rotatable bonds is 4. The normalized spacial score (nSPS) is 10.8. The summed E-state index contributed by atoms with van der Waals surface area (Å²) in [6.45, 7) is 0. The van der Waals surface area contributed by atoms with Crippen LogP contribution in [0.3, 0.4) is 0 Å². The molecule has 0 amide bonds. The van der Waals surface area contributed by atoms with Crippen LogP contribution in [0, 0.1) is 0 Å². The monoisotopic (exact) mass is 488 g/mol. The van der Waals surface area contributed by atoms with Crippen molar-refractivity contribution >= 4 is 85.1 Å². The SMILES string of the molecule is S=C(Nc1ccc(Cl)cc1)Nc1ccc(Nc2c3ccccc3nc3ccc(Cl)cc23)cc1. The van der Waals surface area contributed by atoms with Crippen molar-refractivity contribution in [3.8, 4) is 0 Å². The summed E-state index contributed by atoms with van der Waals surface area (Å²) >= 11 is 17.6. The maximum Gasteiger partial charge on any atom is 0.175 e. The smallest absolute Gasteiger partial charge is 0.175 e. The number of halogens is 2. The van der Waals surface area contributed by atoms with Gasteiger partial charge in [0.05, 0.1) is 16.7 Å². The second-order valence-corrected chi connectivity index (χ2v) is 8.73. The van der Waals surface area contributed by atoms with E-state index in [-0.39, 0.29) is 0 Å². The molecule has 0 saturated heterocycles. The van der Waals surface area contributed by atoms with E-state index in [4.69, 9.17) is 40.4 Å². The highest BCUT2D eigenvalue weighted by Crippen LogP contribution is 2.34. The fourth-order valence-electron chi connectivity index (χ4n) is 3.61. The zero-order chi connectivity index (χ0) is 22.8. The molecule has 162 valence electrons. The fourth-order valence-corrected chi connectivity index (χ4v) is 4.14. The molecule has 0 aliphatic rings. The summed E-state index contributed by atoms with van der Waals surface area (Å²) in [6.07, 6.45) is 0. The van der Waals surface area contributed by atoms with Crippen LogP contribution in [0.1, 0.15) is 0 Å². The van der Waals surface area contributed by atoms with E-state index >= 15 is 0 Å². The minimum atomic E-state index is 0.499. The predicted molar refractivity (Wildman–Crippen MR) is 145 cm³/mol. The fraction of sp³-hybridized carbons (Fsp3) is 0. The van der Waals surface area contributed by atoms with E-state index in [0.29, 0.717) is 15.2 Å². The van der Waals surface area contributed by atoms with Gasteiger partial charge in [0.2, 0.25) is 0 Å². The number of para-hydroxylation sites is 1. The highest BCUT2D eigenvalue weighted by atomic mass is 35.5. The first kappa shape index (κ1) is 21.5. The molecule has 0 aliphatic heterocycles. The summed E-state index contributed by atoms with van der Waals surface area (Å²) < 4.78 is 0. The van der Waals surface area contributed by atoms with Gasteiger partial charge in [-0.2, -0.15) is 0 Å². The Balaban J connectivity index is 1.38. The Morgan fingerprint density at radius 2 is 1.21 bits per heavy atom. The molecule has 0 bridgehead atoms. The van der Waals surface area contributed by atoms with Crippen LogP contribution in [-0.4, -0.2) is 10.1 Å². The largest absolute Gasteiger partial charge is 0.354 e. The van der Waals surface area contributed by atoms with Gasteiger partial charge in [0, 0.05) is 37.9 Å². The maximum absolute atomic E-state index is 6.29. The van der Waals surface area contributed by atoms with Crippen LogP contribution < -0.4 is 16.0 Å². The van der Waals surface area contributed by atoms with E-state index in [1.165, 1.54) is 0 Å². The lowest BCUT2D eigenvalue weighted by Gasteiger charge is -2.15. The van der Waals surface area contributed by atoms with E-state index < -0.39 is 0 Å². The summed E-state index contributed by atoms with van der Waals surface area (Å²) in [4.78, 5) is 4.77. The molecule has 0 aliphatic carbocycles. The lowest BCUT2D eigenvalue weighted by Crippen LogP contribution is -2.18. The average molecular weight is 489 g/mol. The lowest BCUT2D eigenvalue weighted by molar-refractivity contribution is 1.48. The van der Waals surface area contributed by atoms with Gasteiger partial charge in [0.15, 0.2) is 5.11 Å². The zero-order valence-corrected chi connectivity index (χ0v) is 19.6. The van der Waals surface area contributed by atoms with E-state index in [1.54, 1.807) is 0 Å². The minimum Gasteiger partial charge on any atom is -0.354 e. The molecule has 3 N–H and O–H groups in total. The molecule has 4 aromatic carbocycles. The Morgan fingerprint density at radius 3 is 1.94 bits per heavy atom. The van der Waals surface area contributed by atoms with Crippen molar-refractivity contribution in [2.24, 2.45) is 0 Å². The van der Waals surface area contributed by atoms with Crippen molar-refractivity contribution < 1.29 is 0 Å². The number of pyridine rings is 1. The van der Waals surface area contributed by atoms with Gasteiger partial charge in [-0.05, 0) is 85.0 Å². The first-order chi connectivity index (χ1) is 16.0. The van der Waals surface area contributed by atoms with Gasteiger partial charge >= 0.3 is 0 Å². The van der Waals surface area contributed by atoms with Crippen LogP contribution in [0.2, 0.25) is 10.0 Å². The molecular formula is C26H18Cl2N4S. The quantitative estimate of drug-likeness (QED) is 0.175. The van der Waals surface area contributed by atoms with Gasteiger partial charge in [-0.25, -0.2) is 4.98 Å². The second-order valence-electron chi connectivity index (χ2n) is 7.45.